The number of hydrogen-bond donors (Lipinski definition) is 1. The van der Waals surface area contributed by atoms with Gasteiger partial charge in [0.05, 0.1) is 4.90 Å². The summed E-state index contributed by atoms with van der Waals surface area (Å²) < 4.78 is 32.8. The van der Waals surface area contributed by atoms with Gasteiger partial charge in [0.2, 0.25) is 20.7 Å². The summed E-state index contributed by atoms with van der Waals surface area (Å²) in [6.07, 6.45) is 0.565. The van der Waals surface area contributed by atoms with Crippen LogP contribution in [0.4, 0.5) is 5.88 Å². The number of rotatable bonds is 7. The van der Waals surface area contributed by atoms with Crippen molar-refractivity contribution in [1.82, 2.24) is 4.98 Å². The zero-order valence-corrected chi connectivity index (χ0v) is 17.5. The third-order valence-electron chi connectivity index (χ3n) is 3.90. The molecule has 3 aromatic rings. The van der Waals surface area contributed by atoms with Crippen molar-refractivity contribution in [2.45, 2.75) is 36.7 Å². The maximum Gasteiger partial charge on any atom is 0.233 e. The van der Waals surface area contributed by atoms with Gasteiger partial charge in [-0.1, -0.05) is 60.1 Å². The van der Waals surface area contributed by atoms with Crippen molar-refractivity contribution in [3.63, 3.8) is 0 Å². The number of aromatic nitrogens is 1. The van der Waals surface area contributed by atoms with E-state index in [1.165, 1.54) is 0 Å². The van der Waals surface area contributed by atoms with Gasteiger partial charge < -0.3 is 9.73 Å². The molecule has 5 nitrogen and oxygen atoms in total. The molecule has 2 aromatic carbocycles. The third-order valence-corrected chi connectivity index (χ3v) is 6.10. The smallest absolute Gasteiger partial charge is 0.233 e. The van der Waals surface area contributed by atoms with E-state index >= 15 is 0 Å². The first kappa shape index (κ1) is 19.6. The Morgan fingerprint density at radius 3 is 2.37 bits per heavy atom. The van der Waals surface area contributed by atoms with Crippen LogP contribution < -0.4 is 5.32 Å². The predicted molar refractivity (Wildman–Crippen MR) is 108 cm³/mol. The highest BCUT2D eigenvalue weighted by Crippen LogP contribution is 2.30. The molecule has 0 unspecified atom stereocenters. The summed E-state index contributed by atoms with van der Waals surface area (Å²) in [6.45, 7) is 4.51. The highest BCUT2D eigenvalue weighted by atomic mass is 79.9. The number of benzene rings is 2. The van der Waals surface area contributed by atoms with Gasteiger partial charge in [-0.2, -0.15) is 4.98 Å². The molecular formula is C20H21BrN2O3S. The Bertz CT molecular complexity index is 997. The van der Waals surface area contributed by atoms with E-state index in [1.54, 1.807) is 24.3 Å². The summed E-state index contributed by atoms with van der Waals surface area (Å²) in [7, 11) is -3.79. The third kappa shape index (κ3) is 4.78. The Labute approximate surface area is 167 Å². The lowest BCUT2D eigenvalue weighted by Gasteiger charge is -2.06. The van der Waals surface area contributed by atoms with Gasteiger partial charge in [0.15, 0.2) is 5.89 Å². The molecule has 27 heavy (non-hydrogen) atoms. The van der Waals surface area contributed by atoms with Crippen LogP contribution in [0.1, 0.15) is 25.3 Å². The van der Waals surface area contributed by atoms with Crippen molar-refractivity contribution in [1.29, 1.82) is 0 Å². The number of oxazole rings is 1. The first-order valence-electron chi connectivity index (χ1n) is 8.64. The molecule has 0 saturated heterocycles. The zero-order chi connectivity index (χ0) is 19.4. The lowest BCUT2D eigenvalue weighted by molar-refractivity contribution is 0.466. The molecule has 0 bridgehead atoms. The highest BCUT2D eigenvalue weighted by molar-refractivity contribution is 9.10. The summed E-state index contributed by atoms with van der Waals surface area (Å²) in [5.74, 6) is 0.891. The van der Waals surface area contributed by atoms with E-state index in [0.717, 1.165) is 10.0 Å². The lowest BCUT2D eigenvalue weighted by Crippen LogP contribution is -2.07. The fourth-order valence-electron chi connectivity index (χ4n) is 2.58. The van der Waals surface area contributed by atoms with Crippen molar-refractivity contribution in [2.75, 3.05) is 5.32 Å². The fourth-order valence-corrected chi connectivity index (χ4v) is 4.14. The molecule has 0 aliphatic heterocycles. The fraction of sp³-hybridized carbons (Fsp3) is 0.250. The van der Waals surface area contributed by atoms with Gasteiger partial charge in [0, 0.05) is 17.4 Å². The molecule has 0 aliphatic rings. The van der Waals surface area contributed by atoms with Gasteiger partial charge in [-0.15, -0.1) is 0 Å². The SMILES string of the molecule is CC(C)Cc1nc(S(=O)(=O)c2ccc(Br)cc2)c(NCc2ccccc2)o1. The van der Waals surface area contributed by atoms with Crippen LogP contribution in [0.3, 0.4) is 0 Å². The molecule has 1 heterocycles. The van der Waals surface area contributed by atoms with E-state index < -0.39 is 9.84 Å². The largest absolute Gasteiger partial charge is 0.424 e. The molecular weight excluding hydrogens is 428 g/mol. The van der Waals surface area contributed by atoms with Gasteiger partial charge >= 0.3 is 0 Å². The van der Waals surface area contributed by atoms with Gasteiger partial charge in [-0.05, 0) is 35.7 Å². The van der Waals surface area contributed by atoms with Crippen LogP contribution in [-0.2, 0) is 22.8 Å². The summed E-state index contributed by atoms with van der Waals surface area (Å²) in [5.41, 5.74) is 1.02. The van der Waals surface area contributed by atoms with E-state index in [4.69, 9.17) is 4.42 Å². The number of halogens is 1. The zero-order valence-electron chi connectivity index (χ0n) is 15.1. The van der Waals surface area contributed by atoms with Gasteiger partial charge in [0.25, 0.3) is 0 Å². The highest BCUT2D eigenvalue weighted by Gasteiger charge is 2.28. The number of nitrogens with zero attached hydrogens (tertiary/aromatic N) is 1. The van der Waals surface area contributed by atoms with Crippen LogP contribution in [0.2, 0.25) is 0 Å². The van der Waals surface area contributed by atoms with Crippen LogP contribution in [0.25, 0.3) is 0 Å². The first-order chi connectivity index (χ1) is 12.9. The van der Waals surface area contributed by atoms with Crippen LogP contribution in [0, 0.1) is 5.92 Å². The van der Waals surface area contributed by atoms with E-state index in [0.29, 0.717) is 24.8 Å². The molecule has 142 valence electrons. The van der Waals surface area contributed by atoms with Crippen molar-refractivity contribution in [3.8, 4) is 0 Å². The molecule has 7 heteroatoms. The summed E-state index contributed by atoms with van der Waals surface area (Å²) in [5, 5.41) is 3.02. The number of anilines is 1. The second kappa shape index (κ2) is 8.27. The molecule has 0 fully saturated rings. The van der Waals surface area contributed by atoms with Crippen molar-refractivity contribution in [2.24, 2.45) is 5.92 Å². The minimum Gasteiger partial charge on any atom is -0.424 e. The monoisotopic (exact) mass is 448 g/mol. The number of nitrogens with one attached hydrogen (secondary N) is 1. The summed E-state index contributed by atoms with van der Waals surface area (Å²) in [6, 6.07) is 16.2. The molecule has 0 spiro atoms. The Balaban J connectivity index is 1.96. The molecule has 0 radical (unpaired) electrons. The Kier molecular flexibility index (Phi) is 6.01. The average Bonchev–Trinajstić information content (AvgIpc) is 3.04. The molecule has 0 aliphatic carbocycles. The van der Waals surface area contributed by atoms with E-state index in [2.05, 4.69) is 26.2 Å². The Morgan fingerprint density at radius 2 is 1.74 bits per heavy atom. The number of hydrogen-bond acceptors (Lipinski definition) is 5. The minimum atomic E-state index is -3.79. The maximum absolute atomic E-state index is 13.1. The van der Waals surface area contributed by atoms with E-state index in [-0.39, 0.29) is 15.8 Å². The van der Waals surface area contributed by atoms with Crippen molar-refractivity contribution < 1.29 is 12.8 Å². The van der Waals surface area contributed by atoms with E-state index in [1.807, 2.05) is 44.2 Å². The Morgan fingerprint density at radius 1 is 1.07 bits per heavy atom. The average molecular weight is 449 g/mol. The van der Waals surface area contributed by atoms with Gasteiger partial charge in [-0.25, -0.2) is 8.42 Å². The summed E-state index contributed by atoms with van der Waals surface area (Å²) >= 11 is 3.32. The topological polar surface area (TPSA) is 72.2 Å². The molecule has 1 aromatic heterocycles. The quantitative estimate of drug-likeness (QED) is 0.545. The van der Waals surface area contributed by atoms with Crippen molar-refractivity contribution in [3.05, 3.63) is 70.5 Å². The lowest BCUT2D eigenvalue weighted by atomic mass is 10.1. The maximum atomic E-state index is 13.1. The second-order valence-corrected chi connectivity index (χ2v) is 9.42. The van der Waals surface area contributed by atoms with Gasteiger partial charge in [-0.3, -0.25) is 0 Å². The second-order valence-electron chi connectivity index (χ2n) is 6.64. The standard InChI is InChI=1S/C20H21BrN2O3S/c1-14(2)12-18-23-20(27(24,25)17-10-8-16(21)9-11-17)19(26-18)22-13-15-6-4-3-5-7-15/h3-11,14,22H,12-13H2,1-2H3. The van der Waals surface area contributed by atoms with Crippen LogP contribution in [0.15, 0.2) is 73.4 Å². The van der Waals surface area contributed by atoms with Crippen molar-refractivity contribution >= 4 is 31.7 Å². The molecule has 0 saturated carbocycles. The molecule has 1 N–H and O–H groups in total. The number of sulfone groups is 1. The minimum absolute atomic E-state index is 0.0728. The molecule has 0 amide bonds. The van der Waals surface area contributed by atoms with Crippen LogP contribution >= 0.6 is 15.9 Å². The Hall–Kier alpha value is -2.12. The first-order valence-corrected chi connectivity index (χ1v) is 10.9. The van der Waals surface area contributed by atoms with E-state index in [9.17, 15) is 8.42 Å². The predicted octanol–water partition coefficient (Wildman–Crippen LogP) is 5.08. The normalized spacial score (nSPS) is 11.7. The molecule has 0 atom stereocenters. The van der Waals surface area contributed by atoms with Crippen LogP contribution in [0.5, 0.6) is 0 Å². The summed E-state index contributed by atoms with van der Waals surface area (Å²) in [4.78, 5) is 4.48. The van der Waals surface area contributed by atoms with Gasteiger partial charge in [0.1, 0.15) is 0 Å². The van der Waals surface area contributed by atoms with Crippen LogP contribution in [-0.4, -0.2) is 13.4 Å². The molecule has 3 rings (SSSR count).